The van der Waals surface area contributed by atoms with Gasteiger partial charge in [0.1, 0.15) is 11.0 Å². The molecule has 1 aliphatic heterocycles. The molecule has 0 radical (unpaired) electrons. The first-order valence-corrected chi connectivity index (χ1v) is 7.46. The van der Waals surface area contributed by atoms with Crippen LogP contribution in [0.5, 0.6) is 5.75 Å². The maximum absolute atomic E-state index is 12.9. The Kier molecular flexibility index (Phi) is 4.40. The van der Waals surface area contributed by atoms with Gasteiger partial charge in [-0.3, -0.25) is 4.79 Å². The Bertz CT molecular complexity index is 635. The summed E-state index contributed by atoms with van der Waals surface area (Å²) >= 11 is 0. The summed E-state index contributed by atoms with van der Waals surface area (Å²) in [5.74, 6) is -0.653. The van der Waals surface area contributed by atoms with Gasteiger partial charge in [-0.1, -0.05) is 18.2 Å². The van der Waals surface area contributed by atoms with Crippen LogP contribution in [0, 0.1) is 0 Å². The van der Waals surface area contributed by atoms with Crippen LogP contribution in [0.3, 0.4) is 0 Å². The average molecular weight is 323 g/mol. The Morgan fingerprint density at radius 3 is 2.57 bits per heavy atom. The molecule has 0 N–H and O–H groups in total. The zero-order chi connectivity index (χ0) is 15.6. The molecule has 1 amide bonds. The molecule has 0 bridgehead atoms. The molecule has 1 unspecified atom stereocenters. The molecule has 0 saturated carbocycles. The lowest BCUT2D eigenvalue weighted by Gasteiger charge is -2.18. The van der Waals surface area contributed by atoms with E-state index in [0.717, 1.165) is 4.90 Å². The van der Waals surface area contributed by atoms with E-state index in [-0.39, 0.29) is 18.8 Å². The molecule has 1 aliphatic rings. The van der Waals surface area contributed by atoms with E-state index >= 15 is 0 Å². The summed E-state index contributed by atoms with van der Waals surface area (Å²) in [6.45, 7) is -3.44. The van der Waals surface area contributed by atoms with Gasteiger partial charge in [-0.05, 0) is 6.07 Å². The standard InChI is InChI=1S/C12H12F3NO4S/c13-12(14)20-10-4-2-1-3-8(10)6-16-7-9(5-11(16)17)21(15,18)19/h1-4,9,12H,5-7H2. The van der Waals surface area contributed by atoms with Gasteiger partial charge in [0, 0.05) is 25.1 Å². The predicted octanol–water partition coefficient (Wildman–Crippen LogP) is 1.69. The van der Waals surface area contributed by atoms with Gasteiger partial charge in [-0.25, -0.2) is 0 Å². The summed E-state index contributed by atoms with van der Waals surface area (Å²) in [7, 11) is -4.80. The Morgan fingerprint density at radius 2 is 2.00 bits per heavy atom. The highest BCUT2D eigenvalue weighted by molar-refractivity contribution is 7.87. The van der Waals surface area contributed by atoms with Gasteiger partial charge in [-0.15, -0.1) is 3.89 Å². The molecule has 21 heavy (non-hydrogen) atoms. The fourth-order valence-electron chi connectivity index (χ4n) is 2.13. The van der Waals surface area contributed by atoms with Gasteiger partial charge in [0.05, 0.1) is 0 Å². The minimum Gasteiger partial charge on any atom is -0.434 e. The summed E-state index contributed by atoms with van der Waals surface area (Å²) in [6, 6.07) is 5.84. The van der Waals surface area contributed by atoms with Crippen molar-refractivity contribution in [2.75, 3.05) is 6.54 Å². The predicted molar refractivity (Wildman–Crippen MR) is 66.9 cm³/mol. The van der Waals surface area contributed by atoms with E-state index in [2.05, 4.69) is 4.74 Å². The molecule has 1 atom stereocenters. The van der Waals surface area contributed by atoms with Crippen molar-refractivity contribution >= 4 is 16.1 Å². The monoisotopic (exact) mass is 323 g/mol. The first-order valence-electron chi connectivity index (χ1n) is 6.01. The van der Waals surface area contributed by atoms with E-state index in [9.17, 15) is 25.9 Å². The van der Waals surface area contributed by atoms with Crippen LogP contribution < -0.4 is 4.74 Å². The number of carbonyl (C=O) groups excluding carboxylic acids is 1. The number of para-hydroxylation sites is 1. The number of nitrogens with zero attached hydrogens (tertiary/aromatic N) is 1. The molecule has 5 nitrogen and oxygen atoms in total. The largest absolute Gasteiger partial charge is 0.434 e. The van der Waals surface area contributed by atoms with E-state index in [0.29, 0.717) is 5.56 Å². The molecule has 1 fully saturated rings. The molecule has 1 aromatic carbocycles. The zero-order valence-corrected chi connectivity index (χ0v) is 11.5. The van der Waals surface area contributed by atoms with Crippen LogP contribution in [0.2, 0.25) is 0 Å². The number of halogens is 3. The SMILES string of the molecule is O=C1CC(S(=O)(=O)F)CN1Cc1ccccc1OC(F)F. The molecule has 0 spiro atoms. The molecule has 0 aliphatic carbocycles. The summed E-state index contributed by atoms with van der Waals surface area (Å²) < 4.78 is 63.4. The number of hydrogen-bond donors (Lipinski definition) is 0. The molecule has 1 aromatic rings. The minimum absolute atomic E-state index is 0.105. The summed E-state index contributed by atoms with van der Waals surface area (Å²) in [5, 5.41) is -1.41. The van der Waals surface area contributed by atoms with E-state index in [1.54, 1.807) is 6.07 Å². The van der Waals surface area contributed by atoms with E-state index in [1.165, 1.54) is 18.2 Å². The van der Waals surface area contributed by atoms with Gasteiger partial charge in [0.25, 0.3) is 0 Å². The first-order chi connectivity index (χ1) is 9.77. The second kappa shape index (κ2) is 5.92. The third-order valence-corrected chi connectivity index (χ3v) is 4.24. The molecule has 2 rings (SSSR count). The van der Waals surface area contributed by atoms with Crippen molar-refractivity contribution in [3.8, 4) is 5.75 Å². The van der Waals surface area contributed by atoms with Gasteiger partial charge in [0.2, 0.25) is 5.91 Å². The number of ether oxygens (including phenoxy) is 1. The normalized spacial score (nSPS) is 19.3. The van der Waals surface area contributed by atoms with E-state index < -0.39 is 34.4 Å². The van der Waals surface area contributed by atoms with Crippen LogP contribution >= 0.6 is 0 Å². The highest BCUT2D eigenvalue weighted by atomic mass is 32.3. The van der Waals surface area contributed by atoms with E-state index in [4.69, 9.17) is 0 Å². The lowest BCUT2D eigenvalue weighted by molar-refractivity contribution is -0.128. The molecule has 1 heterocycles. The summed E-state index contributed by atoms with van der Waals surface area (Å²) in [5.41, 5.74) is 0.294. The lowest BCUT2D eigenvalue weighted by Crippen LogP contribution is -2.27. The minimum atomic E-state index is -4.80. The lowest BCUT2D eigenvalue weighted by atomic mass is 10.2. The van der Waals surface area contributed by atoms with Crippen molar-refractivity contribution in [1.82, 2.24) is 4.90 Å². The third-order valence-electron chi connectivity index (χ3n) is 3.13. The van der Waals surface area contributed by atoms with Crippen LogP contribution in [-0.4, -0.2) is 37.6 Å². The topological polar surface area (TPSA) is 63.7 Å². The number of carbonyl (C=O) groups is 1. The summed E-state index contributed by atoms with van der Waals surface area (Å²) in [6.07, 6.45) is -0.448. The Balaban J connectivity index is 2.14. The van der Waals surface area contributed by atoms with Crippen LogP contribution in [0.15, 0.2) is 24.3 Å². The molecular formula is C12H12F3NO4S. The molecule has 116 valence electrons. The number of hydrogen-bond acceptors (Lipinski definition) is 4. The number of amides is 1. The highest BCUT2D eigenvalue weighted by Gasteiger charge is 2.38. The van der Waals surface area contributed by atoms with Crippen LogP contribution in [-0.2, 0) is 21.6 Å². The highest BCUT2D eigenvalue weighted by Crippen LogP contribution is 2.26. The quantitative estimate of drug-likeness (QED) is 0.774. The van der Waals surface area contributed by atoms with Crippen molar-refractivity contribution in [2.45, 2.75) is 24.8 Å². The maximum atomic E-state index is 12.9. The van der Waals surface area contributed by atoms with Gasteiger partial charge >= 0.3 is 16.8 Å². The number of likely N-dealkylation sites (tertiary alicyclic amines) is 1. The average Bonchev–Trinajstić information content (AvgIpc) is 2.73. The molecule has 9 heteroatoms. The Morgan fingerprint density at radius 1 is 1.33 bits per heavy atom. The van der Waals surface area contributed by atoms with Crippen LogP contribution in [0.25, 0.3) is 0 Å². The zero-order valence-electron chi connectivity index (χ0n) is 10.7. The Hall–Kier alpha value is -1.77. The molecular weight excluding hydrogens is 311 g/mol. The number of rotatable bonds is 5. The summed E-state index contributed by atoms with van der Waals surface area (Å²) in [4.78, 5) is 12.8. The first kappa shape index (κ1) is 15.6. The molecule has 0 aromatic heterocycles. The van der Waals surface area contributed by atoms with Crippen LogP contribution in [0.1, 0.15) is 12.0 Å². The fraction of sp³-hybridized carbons (Fsp3) is 0.417. The Labute approximate surface area is 119 Å². The van der Waals surface area contributed by atoms with E-state index in [1.807, 2.05) is 0 Å². The third kappa shape index (κ3) is 3.87. The van der Waals surface area contributed by atoms with Gasteiger partial charge in [-0.2, -0.15) is 17.2 Å². The van der Waals surface area contributed by atoms with Gasteiger partial charge in [0.15, 0.2) is 0 Å². The van der Waals surface area contributed by atoms with Crippen molar-refractivity contribution < 1.29 is 30.6 Å². The number of alkyl halides is 2. The van der Waals surface area contributed by atoms with Crippen LogP contribution in [0.4, 0.5) is 12.7 Å². The van der Waals surface area contributed by atoms with Gasteiger partial charge < -0.3 is 9.64 Å². The van der Waals surface area contributed by atoms with Crippen molar-refractivity contribution in [1.29, 1.82) is 0 Å². The number of benzene rings is 1. The second-order valence-electron chi connectivity index (χ2n) is 4.56. The fourth-order valence-corrected chi connectivity index (χ4v) is 2.83. The van der Waals surface area contributed by atoms with Crippen molar-refractivity contribution in [2.24, 2.45) is 0 Å². The van der Waals surface area contributed by atoms with Crippen molar-refractivity contribution in [3.05, 3.63) is 29.8 Å². The smallest absolute Gasteiger partial charge is 0.387 e. The molecule has 1 saturated heterocycles. The second-order valence-corrected chi connectivity index (χ2v) is 6.18. The maximum Gasteiger partial charge on any atom is 0.387 e. The van der Waals surface area contributed by atoms with Crippen molar-refractivity contribution in [3.63, 3.8) is 0 Å².